The van der Waals surface area contributed by atoms with Gasteiger partial charge < -0.3 is 25.4 Å². The maximum Gasteiger partial charge on any atom is 0.407 e. The summed E-state index contributed by atoms with van der Waals surface area (Å²) < 4.78 is 5.61. The number of carbonyl (C=O) groups excluding carboxylic acids is 2. The molecule has 0 radical (unpaired) electrons. The number of alkyl carbamates (subject to hydrolysis) is 1. The van der Waals surface area contributed by atoms with Crippen molar-refractivity contribution in [2.75, 3.05) is 33.8 Å². The van der Waals surface area contributed by atoms with Gasteiger partial charge in [-0.25, -0.2) is 4.79 Å². The summed E-state index contributed by atoms with van der Waals surface area (Å²) in [6.07, 6.45) is 0.371. The Morgan fingerprint density at radius 2 is 1.63 bits per heavy atom. The van der Waals surface area contributed by atoms with Crippen LogP contribution in [0.5, 0.6) is 0 Å². The third-order valence-corrected chi connectivity index (χ3v) is 6.42. The molecule has 0 bridgehead atoms. The first-order valence-electron chi connectivity index (χ1n) is 12.1. The van der Waals surface area contributed by atoms with Gasteiger partial charge in [0, 0.05) is 18.9 Å². The Balaban J connectivity index is 1.61. The molecule has 8 heteroatoms. The molecular weight excluding hydrogens is 446 g/mol. The molecule has 2 unspecified atom stereocenters. The minimum Gasteiger partial charge on any atom is -0.481 e. The number of carboxylic acids is 1. The lowest BCUT2D eigenvalue weighted by molar-refractivity contribution is -0.138. The van der Waals surface area contributed by atoms with Crippen molar-refractivity contribution in [3.8, 4) is 11.1 Å². The highest BCUT2D eigenvalue weighted by Crippen LogP contribution is 2.44. The molecule has 2 atom stereocenters. The number of fused-ring (bicyclic) bond motifs is 3. The van der Waals surface area contributed by atoms with Crippen molar-refractivity contribution in [2.24, 2.45) is 5.92 Å². The van der Waals surface area contributed by atoms with Gasteiger partial charge >= 0.3 is 12.1 Å². The van der Waals surface area contributed by atoms with Crippen molar-refractivity contribution in [3.63, 3.8) is 0 Å². The van der Waals surface area contributed by atoms with E-state index >= 15 is 0 Å². The average molecular weight is 482 g/mol. The number of ether oxygens (including phenoxy) is 1. The van der Waals surface area contributed by atoms with Crippen LogP contribution in [0.1, 0.15) is 43.2 Å². The van der Waals surface area contributed by atoms with Gasteiger partial charge in [0.2, 0.25) is 5.91 Å². The lowest BCUT2D eigenvalue weighted by atomic mass is 9.98. The van der Waals surface area contributed by atoms with E-state index in [1.165, 1.54) is 0 Å². The van der Waals surface area contributed by atoms with E-state index in [4.69, 9.17) is 9.84 Å². The van der Waals surface area contributed by atoms with Crippen LogP contribution in [0.2, 0.25) is 0 Å². The zero-order valence-electron chi connectivity index (χ0n) is 20.6. The maximum atomic E-state index is 12.8. The third kappa shape index (κ3) is 7.05. The van der Waals surface area contributed by atoms with Gasteiger partial charge in [0.05, 0.1) is 0 Å². The van der Waals surface area contributed by atoms with Crippen LogP contribution in [0.3, 0.4) is 0 Å². The number of amides is 2. The maximum absolute atomic E-state index is 12.8. The molecule has 3 rings (SSSR count). The predicted molar refractivity (Wildman–Crippen MR) is 134 cm³/mol. The lowest BCUT2D eigenvalue weighted by Crippen LogP contribution is -2.49. The fraction of sp³-hybridized carbons (Fsp3) is 0.444. The highest BCUT2D eigenvalue weighted by molar-refractivity contribution is 5.85. The molecule has 1 aliphatic carbocycles. The topological polar surface area (TPSA) is 108 Å². The summed E-state index contributed by atoms with van der Waals surface area (Å²) in [5.74, 6) is -1.47. The second kappa shape index (κ2) is 12.4. The Bertz CT molecular complexity index is 993. The standard InChI is InChI=1S/C27H35N3O5/c1-4-18(15-25(31)32)16-28-26(33)24(13-14-30(2)3)29-27(34)35-17-23-21-11-7-5-9-19(21)20-10-6-8-12-22(20)23/h5-12,18,23-24H,4,13-17H2,1-3H3,(H,28,33)(H,29,34)(H,31,32). The molecular formula is C27H35N3O5. The summed E-state index contributed by atoms with van der Waals surface area (Å²) in [5, 5.41) is 14.5. The molecule has 2 aromatic rings. The van der Waals surface area contributed by atoms with Crippen LogP contribution in [0, 0.1) is 5.92 Å². The van der Waals surface area contributed by atoms with Crippen LogP contribution in [0.25, 0.3) is 11.1 Å². The summed E-state index contributed by atoms with van der Waals surface area (Å²) in [6.45, 7) is 2.89. The molecule has 0 saturated heterocycles. The summed E-state index contributed by atoms with van der Waals surface area (Å²) in [4.78, 5) is 38.5. The van der Waals surface area contributed by atoms with E-state index in [-0.39, 0.29) is 37.3 Å². The van der Waals surface area contributed by atoms with E-state index in [2.05, 4.69) is 34.9 Å². The van der Waals surface area contributed by atoms with E-state index in [0.29, 0.717) is 19.4 Å². The number of hydrogen-bond donors (Lipinski definition) is 3. The largest absolute Gasteiger partial charge is 0.481 e. The first kappa shape index (κ1) is 26.2. The minimum absolute atomic E-state index is 0.0149. The Morgan fingerprint density at radius 1 is 1.03 bits per heavy atom. The van der Waals surface area contributed by atoms with Crippen LogP contribution in [0.4, 0.5) is 4.79 Å². The number of aliphatic carboxylic acids is 1. The molecule has 1 aliphatic rings. The van der Waals surface area contributed by atoms with Crippen molar-refractivity contribution >= 4 is 18.0 Å². The Labute approximate surface area is 206 Å². The number of nitrogens with one attached hydrogen (secondary N) is 2. The van der Waals surface area contributed by atoms with Crippen LogP contribution in [-0.4, -0.2) is 67.8 Å². The van der Waals surface area contributed by atoms with Gasteiger partial charge in [-0.15, -0.1) is 0 Å². The van der Waals surface area contributed by atoms with Crippen LogP contribution >= 0.6 is 0 Å². The predicted octanol–water partition coefficient (Wildman–Crippen LogP) is 3.46. The van der Waals surface area contributed by atoms with Crippen molar-refractivity contribution in [3.05, 3.63) is 59.7 Å². The second-order valence-electron chi connectivity index (χ2n) is 9.23. The number of rotatable bonds is 12. The molecule has 0 fully saturated rings. The van der Waals surface area contributed by atoms with E-state index in [1.807, 2.05) is 50.2 Å². The van der Waals surface area contributed by atoms with E-state index in [9.17, 15) is 14.4 Å². The van der Waals surface area contributed by atoms with Crippen LogP contribution < -0.4 is 10.6 Å². The Hall–Kier alpha value is -3.39. The molecule has 8 nitrogen and oxygen atoms in total. The summed E-state index contributed by atoms with van der Waals surface area (Å²) in [6, 6.07) is 15.4. The second-order valence-corrected chi connectivity index (χ2v) is 9.23. The van der Waals surface area contributed by atoms with E-state index in [0.717, 1.165) is 22.3 Å². The van der Waals surface area contributed by atoms with Crippen molar-refractivity contribution in [1.82, 2.24) is 15.5 Å². The van der Waals surface area contributed by atoms with E-state index < -0.39 is 18.1 Å². The first-order valence-corrected chi connectivity index (χ1v) is 12.1. The molecule has 0 saturated carbocycles. The van der Waals surface area contributed by atoms with Gasteiger partial charge in [-0.3, -0.25) is 9.59 Å². The molecule has 35 heavy (non-hydrogen) atoms. The third-order valence-electron chi connectivity index (χ3n) is 6.42. The lowest BCUT2D eigenvalue weighted by Gasteiger charge is -2.22. The molecule has 0 aliphatic heterocycles. The van der Waals surface area contributed by atoms with Gasteiger partial charge in [-0.2, -0.15) is 0 Å². The average Bonchev–Trinajstić information content (AvgIpc) is 3.16. The van der Waals surface area contributed by atoms with Gasteiger partial charge in [0.1, 0.15) is 12.6 Å². The zero-order valence-corrected chi connectivity index (χ0v) is 20.6. The van der Waals surface area contributed by atoms with Crippen LogP contribution in [-0.2, 0) is 14.3 Å². The number of carboxylic acid groups (broad SMARTS) is 1. The fourth-order valence-corrected chi connectivity index (χ4v) is 4.41. The quantitative estimate of drug-likeness (QED) is 0.429. The van der Waals surface area contributed by atoms with Gasteiger partial charge in [0.15, 0.2) is 0 Å². The van der Waals surface area contributed by atoms with E-state index in [1.54, 1.807) is 0 Å². The number of nitrogens with zero attached hydrogens (tertiary/aromatic N) is 1. The Kier molecular flexibility index (Phi) is 9.25. The first-order chi connectivity index (χ1) is 16.8. The number of benzene rings is 2. The monoisotopic (exact) mass is 481 g/mol. The summed E-state index contributed by atoms with van der Waals surface area (Å²) in [5.41, 5.74) is 4.53. The highest BCUT2D eigenvalue weighted by atomic mass is 16.5. The molecule has 188 valence electrons. The SMILES string of the molecule is CCC(CNC(=O)C(CCN(C)C)NC(=O)OCC1c2ccccc2-c2ccccc21)CC(=O)O. The van der Waals surface area contributed by atoms with Gasteiger partial charge in [-0.1, -0.05) is 61.9 Å². The summed E-state index contributed by atoms with van der Waals surface area (Å²) >= 11 is 0. The smallest absolute Gasteiger partial charge is 0.407 e. The molecule has 3 N–H and O–H groups in total. The fourth-order valence-electron chi connectivity index (χ4n) is 4.41. The molecule has 0 heterocycles. The molecule has 2 amide bonds. The van der Waals surface area contributed by atoms with Crippen molar-refractivity contribution in [2.45, 2.75) is 38.1 Å². The molecule has 0 spiro atoms. The number of hydrogen-bond acceptors (Lipinski definition) is 5. The van der Waals surface area contributed by atoms with Gasteiger partial charge in [0.25, 0.3) is 0 Å². The van der Waals surface area contributed by atoms with Crippen molar-refractivity contribution < 1.29 is 24.2 Å². The zero-order chi connectivity index (χ0) is 25.4. The molecule has 0 aromatic heterocycles. The van der Waals surface area contributed by atoms with Crippen molar-refractivity contribution in [1.29, 1.82) is 0 Å². The molecule has 2 aromatic carbocycles. The Morgan fingerprint density at radius 3 is 2.17 bits per heavy atom. The summed E-state index contributed by atoms with van der Waals surface area (Å²) in [7, 11) is 3.78. The van der Waals surface area contributed by atoms with Crippen LogP contribution in [0.15, 0.2) is 48.5 Å². The normalized spacial score (nSPS) is 14.1. The minimum atomic E-state index is -0.896. The number of carbonyl (C=O) groups is 3. The van der Waals surface area contributed by atoms with Gasteiger partial charge in [-0.05, 0) is 55.2 Å². The highest BCUT2D eigenvalue weighted by Gasteiger charge is 2.30.